The van der Waals surface area contributed by atoms with Crippen LogP contribution in [0.4, 0.5) is 0 Å². The number of carbonyl (C=O) groups is 1. The van der Waals surface area contributed by atoms with Crippen LogP contribution in [0.3, 0.4) is 0 Å². The highest BCUT2D eigenvalue weighted by atomic mass is 35.5. The number of hydrogen-bond donors (Lipinski definition) is 1. The van der Waals surface area contributed by atoms with Crippen LogP contribution in [0, 0.1) is 0 Å². The third-order valence-electron chi connectivity index (χ3n) is 3.15. The molecule has 1 heterocycles. The number of amides is 1. The average molecular weight is 278 g/mol. The summed E-state index contributed by atoms with van der Waals surface area (Å²) in [4.78, 5) is 15.8. The van der Waals surface area contributed by atoms with Gasteiger partial charge in [-0.25, -0.2) is 4.98 Å². The van der Waals surface area contributed by atoms with Gasteiger partial charge in [-0.1, -0.05) is 23.7 Å². The molecule has 2 aromatic rings. The van der Waals surface area contributed by atoms with Crippen LogP contribution >= 0.6 is 11.6 Å². The van der Waals surface area contributed by atoms with E-state index in [4.69, 9.17) is 17.3 Å². The van der Waals surface area contributed by atoms with Gasteiger partial charge >= 0.3 is 0 Å². The number of primary amides is 1. The Morgan fingerprint density at radius 3 is 2.63 bits per heavy atom. The highest BCUT2D eigenvalue weighted by molar-refractivity contribution is 6.30. The fraction of sp³-hybridized carbons (Fsp3) is 0.286. The molecule has 4 nitrogen and oxygen atoms in total. The lowest BCUT2D eigenvalue weighted by molar-refractivity contribution is -0.119. The standard InChI is InChI=1S/C14H16ClN3O/c1-18-9-8-17-14(18)12(13(16)19)7-4-10-2-5-11(15)6-3-10/h2-3,5-6,8-9,12H,4,7H2,1H3,(H2,16,19). The number of imidazole rings is 1. The van der Waals surface area contributed by atoms with E-state index in [9.17, 15) is 4.79 Å². The Morgan fingerprint density at radius 1 is 1.42 bits per heavy atom. The van der Waals surface area contributed by atoms with Crippen molar-refractivity contribution in [3.8, 4) is 0 Å². The first-order valence-corrected chi connectivity index (χ1v) is 6.46. The van der Waals surface area contributed by atoms with Crippen LogP contribution in [-0.2, 0) is 18.3 Å². The van der Waals surface area contributed by atoms with Crippen molar-refractivity contribution < 1.29 is 4.79 Å². The van der Waals surface area contributed by atoms with Crippen molar-refractivity contribution in [3.05, 3.63) is 53.1 Å². The van der Waals surface area contributed by atoms with Crippen LogP contribution in [0.2, 0.25) is 5.02 Å². The van der Waals surface area contributed by atoms with Crippen LogP contribution in [0.1, 0.15) is 23.7 Å². The Hall–Kier alpha value is -1.81. The zero-order valence-electron chi connectivity index (χ0n) is 10.7. The van der Waals surface area contributed by atoms with Gasteiger partial charge in [-0.15, -0.1) is 0 Å². The molecule has 2 rings (SSSR count). The number of hydrogen-bond acceptors (Lipinski definition) is 2. The molecule has 1 amide bonds. The lowest BCUT2D eigenvalue weighted by Gasteiger charge is -2.13. The van der Waals surface area contributed by atoms with Crippen LogP contribution in [0.5, 0.6) is 0 Å². The van der Waals surface area contributed by atoms with Crippen molar-refractivity contribution in [2.75, 3.05) is 0 Å². The third-order valence-corrected chi connectivity index (χ3v) is 3.40. The quantitative estimate of drug-likeness (QED) is 0.911. The number of carbonyl (C=O) groups excluding carboxylic acids is 1. The Kier molecular flexibility index (Phi) is 4.22. The summed E-state index contributed by atoms with van der Waals surface area (Å²) in [5.41, 5.74) is 6.60. The molecule has 0 saturated heterocycles. The van der Waals surface area contributed by atoms with Gasteiger partial charge in [0.1, 0.15) is 5.82 Å². The predicted molar refractivity (Wildman–Crippen MR) is 74.9 cm³/mol. The van der Waals surface area contributed by atoms with Gasteiger partial charge in [0.2, 0.25) is 5.91 Å². The van der Waals surface area contributed by atoms with E-state index in [1.54, 1.807) is 6.20 Å². The minimum Gasteiger partial charge on any atom is -0.369 e. The van der Waals surface area contributed by atoms with Crippen LogP contribution in [0.25, 0.3) is 0 Å². The maximum absolute atomic E-state index is 11.6. The normalized spacial score (nSPS) is 12.3. The van der Waals surface area contributed by atoms with Crippen molar-refractivity contribution in [1.82, 2.24) is 9.55 Å². The molecule has 0 aliphatic rings. The molecule has 0 spiro atoms. The molecule has 1 unspecified atom stereocenters. The molecule has 1 atom stereocenters. The van der Waals surface area contributed by atoms with Crippen molar-refractivity contribution in [3.63, 3.8) is 0 Å². The lowest BCUT2D eigenvalue weighted by Crippen LogP contribution is -2.24. The number of aryl methyl sites for hydroxylation is 2. The summed E-state index contributed by atoms with van der Waals surface area (Å²) < 4.78 is 1.83. The van der Waals surface area contributed by atoms with Crippen molar-refractivity contribution >= 4 is 17.5 Å². The zero-order chi connectivity index (χ0) is 13.8. The molecule has 19 heavy (non-hydrogen) atoms. The van der Waals surface area contributed by atoms with Crippen LogP contribution < -0.4 is 5.73 Å². The fourth-order valence-electron chi connectivity index (χ4n) is 2.07. The number of rotatable bonds is 5. The Labute approximate surface area is 117 Å². The number of aromatic nitrogens is 2. The van der Waals surface area contributed by atoms with E-state index >= 15 is 0 Å². The maximum Gasteiger partial charge on any atom is 0.228 e. The summed E-state index contributed by atoms with van der Waals surface area (Å²) in [5, 5.41) is 0.708. The summed E-state index contributed by atoms with van der Waals surface area (Å²) in [6, 6.07) is 7.60. The van der Waals surface area contributed by atoms with Gasteiger partial charge in [0.15, 0.2) is 0 Å². The van der Waals surface area contributed by atoms with E-state index in [-0.39, 0.29) is 11.8 Å². The molecule has 2 N–H and O–H groups in total. The van der Waals surface area contributed by atoms with Crippen molar-refractivity contribution in [2.24, 2.45) is 12.8 Å². The second-order valence-electron chi connectivity index (χ2n) is 4.52. The van der Waals surface area contributed by atoms with Crippen molar-refractivity contribution in [1.29, 1.82) is 0 Å². The highest BCUT2D eigenvalue weighted by Crippen LogP contribution is 2.20. The molecule has 1 aromatic carbocycles. The summed E-state index contributed by atoms with van der Waals surface area (Å²) in [6.45, 7) is 0. The zero-order valence-corrected chi connectivity index (χ0v) is 11.5. The highest BCUT2D eigenvalue weighted by Gasteiger charge is 2.21. The predicted octanol–water partition coefficient (Wildman–Crippen LogP) is 2.28. The second kappa shape index (κ2) is 5.89. The number of halogens is 1. The van der Waals surface area contributed by atoms with E-state index in [1.165, 1.54) is 0 Å². The molecule has 0 aliphatic carbocycles. The van der Waals surface area contributed by atoms with Gasteiger partial charge in [-0.05, 0) is 30.5 Å². The summed E-state index contributed by atoms with van der Waals surface area (Å²) >= 11 is 5.84. The van der Waals surface area contributed by atoms with Crippen LogP contribution in [0.15, 0.2) is 36.7 Å². The first kappa shape index (κ1) is 13.6. The van der Waals surface area contributed by atoms with Gasteiger partial charge in [0, 0.05) is 24.5 Å². The molecular weight excluding hydrogens is 262 g/mol. The number of nitrogens with two attached hydrogens (primary N) is 1. The minimum absolute atomic E-state index is 0.344. The Morgan fingerprint density at radius 2 is 2.11 bits per heavy atom. The topological polar surface area (TPSA) is 60.9 Å². The molecule has 0 saturated carbocycles. The Bertz CT molecular complexity index is 562. The largest absolute Gasteiger partial charge is 0.369 e. The molecule has 0 fully saturated rings. The molecule has 0 bridgehead atoms. The van der Waals surface area contributed by atoms with Crippen molar-refractivity contribution in [2.45, 2.75) is 18.8 Å². The van der Waals surface area contributed by atoms with Gasteiger partial charge in [-0.2, -0.15) is 0 Å². The van der Waals surface area contributed by atoms with E-state index in [0.717, 1.165) is 12.0 Å². The summed E-state index contributed by atoms with van der Waals surface area (Å²) in [6.07, 6.45) is 4.89. The first-order valence-electron chi connectivity index (χ1n) is 6.09. The second-order valence-corrected chi connectivity index (χ2v) is 4.95. The maximum atomic E-state index is 11.6. The number of nitrogens with zero attached hydrogens (tertiary/aromatic N) is 2. The SMILES string of the molecule is Cn1ccnc1C(CCc1ccc(Cl)cc1)C(N)=O. The number of benzene rings is 1. The smallest absolute Gasteiger partial charge is 0.228 e. The summed E-state index contributed by atoms with van der Waals surface area (Å²) in [5.74, 6) is 0.000375. The van der Waals surface area contributed by atoms with E-state index in [0.29, 0.717) is 17.3 Å². The fourth-order valence-corrected chi connectivity index (χ4v) is 2.20. The third kappa shape index (κ3) is 3.35. The molecule has 0 radical (unpaired) electrons. The monoisotopic (exact) mass is 277 g/mol. The van der Waals surface area contributed by atoms with E-state index in [1.807, 2.05) is 42.1 Å². The summed E-state index contributed by atoms with van der Waals surface area (Å²) in [7, 11) is 1.86. The minimum atomic E-state index is -0.365. The average Bonchev–Trinajstić information content (AvgIpc) is 2.78. The Balaban J connectivity index is 2.08. The molecule has 100 valence electrons. The molecule has 1 aromatic heterocycles. The van der Waals surface area contributed by atoms with Gasteiger partial charge < -0.3 is 10.3 Å². The van der Waals surface area contributed by atoms with Gasteiger partial charge in [-0.3, -0.25) is 4.79 Å². The first-order chi connectivity index (χ1) is 9.08. The van der Waals surface area contributed by atoms with Crippen LogP contribution in [-0.4, -0.2) is 15.5 Å². The lowest BCUT2D eigenvalue weighted by atomic mass is 9.98. The van der Waals surface area contributed by atoms with Gasteiger partial charge in [0.05, 0.1) is 5.92 Å². The molecule has 0 aliphatic heterocycles. The molecular formula is C14H16ClN3O. The van der Waals surface area contributed by atoms with Gasteiger partial charge in [0.25, 0.3) is 0 Å². The van der Waals surface area contributed by atoms with E-state index < -0.39 is 0 Å². The molecule has 5 heteroatoms. The van der Waals surface area contributed by atoms with E-state index in [2.05, 4.69) is 4.98 Å².